The van der Waals surface area contributed by atoms with Crippen LogP contribution in [0, 0.1) is 16.7 Å². The van der Waals surface area contributed by atoms with Gasteiger partial charge in [-0.3, -0.25) is 0 Å². The van der Waals surface area contributed by atoms with Crippen LogP contribution in [0.15, 0.2) is 76.2 Å². The van der Waals surface area contributed by atoms with Gasteiger partial charge in [-0.1, -0.05) is 54.1 Å². The normalized spacial score (nSPS) is 22.2. The highest BCUT2D eigenvalue weighted by Gasteiger charge is 2.49. The van der Waals surface area contributed by atoms with Gasteiger partial charge in [0.15, 0.2) is 0 Å². The van der Waals surface area contributed by atoms with Crippen molar-refractivity contribution in [3.8, 4) is 6.07 Å². The van der Waals surface area contributed by atoms with Gasteiger partial charge < -0.3 is 0 Å². The third-order valence-corrected chi connectivity index (χ3v) is 6.83. The van der Waals surface area contributed by atoms with Gasteiger partial charge in [0.05, 0.1) is 22.0 Å². The van der Waals surface area contributed by atoms with Crippen molar-refractivity contribution in [2.24, 2.45) is 10.6 Å². The van der Waals surface area contributed by atoms with E-state index < -0.39 is 26.5 Å². The smallest absolute Gasteiger partial charge is 0.237 e. The van der Waals surface area contributed by atoms with Crippen molar-refractivity contribution in [2.75, 3.05) is 0 Å². The first-order valence-corrected chi connectivity index (χ1v) is 10.9. The van der Waals surface area contributed by atoms with E-state index in [1.54, 1.807) is 31.2 Å². The summed E-state index contributed by atoms with van der Waals surface area (Å²) in [5.41, 5.74) is 1.18. The summed E-state index contributed by atoms with van der Waals surface area (Å²) < 4.78 is 40.1. The van der Waals surface area contributed by atoms with Crippen LogP contribution in [0.25, 0.3) is 0 Å². The number of primary sulfonamides is 1. The summed E-state index contributed by atoms with van der Waals surface area (Å²) in [4.78, 5) is -0.469. The molecule has 2 aromatic carbocycles. The molecule has 150 valence electrons. The van der Waals surface area contributed by atoms with Crippen molar-refractivity contribution in [1.29, 1.82) is 5.26 Å². The van der Waals surface area contributed by atoms with E-state index in [2.05, 4.69) is 0 Å². The molecule has 0 aromatic heterocycles. The Balaban J connectivity index is 2.16. The van der Waals surface area contributed by atoms with Gasteiger partial charge in [0, 0.05) is 5.03 Å². The zero-order valence-corrected chi connectivity index (χ0v) is 17.3. The first kappa shape index (κ1) is 21.3. The van der Waals surface area contributed by atoms with Gasteiger partial charge in [0.25, 0.3) is 0 Å². The van der Waals surface area contributed by atoms with Gasteiger partial charge in [-0.2, -0.15) is 5.26 Å². The maximum atomic E-state index is 15.9. The maximum absolute atomic E-state index is 15.9. The van der Waals surface area contributed by atoms with E-state index in [9.17, 15) is 8.42 Å². The number of halogens is 2. The SMILES string of the molecule is CC1=C(Cl)C(Cc2ccccc2)(Cc2ccc(C#N)cc2)C(F)C(S(N)(=O)=O)=C1. The molecule has 0 saturated carbocycles. The quantitative estimate of drug-likeness (QED) is 0.764. The fourth-order valence-electron chi connectivity index (χ4n) is 3.77. The van der Waals surface area contributed by atoms with Gasteiger partial charge in [-0.15, -0.1) is 0 Å². The zero-order valence-electron chi connectivity index (χ0n) is 15.8. The van der Waals surface area contributed by atoms with Crippen molar-refractivity contribution < 1.29 is 12.8 Å². The first-order chi connectivity index (χ1) is 13.7. The highest BCUT2D eigenvalue weighted by Crippen LogP contribution is 2.50. The molecule has 0 amide bonds. The number of allylic oxidation sites excluding steroid dienone is 4. The molecule has 2 aromatic rings. The van der Waals surface area contributed by atoms with E-state index in [1.807, 2.05) is 36.4 Å². The number of nitrogens with two attached hydrogens (primary N) is 1. The van der Waals surface area contributed by atoms with Gasteiger partial charge >= 0.3 is 0 Å². The molecule has 4 nitrogen and oxygen atoms in total. The minimum Gasteiger partial charge on any atom is -0.240 e. The molecule has 2 N–H and O–H groups in total. The number of benzene rings is 2. The molecule has 7 heteroatoms. The average Bonchev–Trinajstić information content (AvgIpc) is 2.69. The van der Waals surface area contributed by atoms with Gasteiger partial charge in [0.2, 0.25) is 10.0 Å². The lowest BCUT2D eigenvalue weighted by atomic mass is 9.69. The molecule has 2 atom stereocenters. The Morgan fingerprint density at radius 3 is 2.17 bits per heavy atom. The second kappa shape index (κ2) is 8.11. The summed E-state index contributed by atoms with van der Waals surface area (Å²) in [5, 5.41) is 14.6. The first-order valence-electron chi connectivity index (χ1n) is 8.95. The van der Waals surface area contributed by atoms with Gasteiger partial charge in [-0.05, 0) is 54.7 Å². The van der Waals surface area contributed by atoms with Crippen molar-refractivity contribution in [2.45, 2.75) is 25.9 Å². The molecular formula is C22H20ClFN2O2S. The molecule has 0 saturated heterocycles. The molecule has 1 aliphatic rings. The molecule has 0 aliphatic heterocycles. The van der Waals surface area contributed by atoms with E-state index in [4.69, 9.17) is 22.0 Å². The number of sulfonamides is 1. The Bertz CT molecular complexity index is 1120. The zero-order chi connectivity index (χ0) is 21.2. The second-order valence-electron chi connectivity index (χ2n) is 7.26. The van der Waals surface area contributed by atoms with Crippen LogP contribution in [0.2, 0.25) is 0 Å². The van der Waals surface area contributed by atoms with E-state index in [1.165, 1.54) is 6.08 Å². The molecule has 0 spiro atoms. The summed E-state index contributed by atoms with van der Waals surface area (Å²) >= 11 is 6.67. The number of hydrogen-bond acceptors (Lipinski definition) is 3. The van der Waals surface area contributed by atoms with Gasteiger partial charge in [0.1, 0.15) is 6.17 Å². The van der Waals surface area contributed by atoms with Crippen LogP contribution >= 0.6 is 11.6 Å². The topological polar surface area (TPSA) is 83.9 Å². The van der Waals surface area contributed by atoms with Crippen LogP contribution in [-0.2, 0) is 22.9 Å². The predicted molar refractivity (Wildman–Crippen MR) is 112 cm³/mol. The highest BCUT2D eigenvalue weighted by atomic mass is 35.5. The van der Waals surface area contributed by atoms with Crippen molar-refractivity contribution in [3.63, 3.8) is 0 Å². The Morgan fingerprint density at radius 1 is 1.10 bits per heavy atom. The van der Waals surface area contributed by atoms with E-state index in [0.29, 0.717) is 11.1 Å². The lowest BCUT2D eigenvalue weighted by Crippen LogP contribution is -2.43. The van der Waals surface area contributed by atoms with Crippen molar-refractivity contribution in [3.05, 3.63) is 92.9 Å². The maximum Gasteiger partial charge on any atom is 0.237 e. The number of nitrogens with zero attached hydrogens (tertiary/aromatic N) is 1. The lowest BCUT2D eigenvalue weighted by molar-refractivity contribution is 0.182. The summed E-state index contributed by atoms with van der Waals surface area (Å²) in [6.45, 7) is 1.65. The molecule has 0 bridgehead atoms. The van der Waals surface area contributed by atoms with Crippen LogP contribution in [0.1, 0.15) is 23.6 Å². The number of nitriles is 1. The van der Waals surface area contributed by atoms with Crippen LogP contribution in [0.4, 0.5) is 4.39 Å². The lowest BCUT2D eigenvalue weighted by Gasteiger charge is -2.40. The molecule has 0 radical (unpaired) electrons. The third-order valence-electron chi connectivity index (χ3n) is 5.17. The minimum atomic E-state index is -4.25. The molecule has 29 heavy (non-hydrogen) atoms. The van der Waals surface area contributed by atoms with Crippen molar-refractivity contribution >= 4 is 21.6 Å². The number of rotatable bonds is 5. The summed E-state index contributed by atoms with van der Waals surface area (Å²) in [7, 11) is -4.25. The second-order valence-corrected chi connectivity index (χ2v) is 9.19. The summed E-state index contributed by atoms with van der Waals surface area (Å²) in [6.07, 6.45) is -0.357. The molecule has 2 unspecified atom stereocenters. The summed E-state index contributed by atoms with van der Waals surface area (Å²) in [5.74, 6) is 0. The predicted octanol–water partition coefficient (Wildman–Crippen LogP) is 4.37. The van der Waals surface area contributed by atoms with E-state index in [-0.39, 0.29) is 17.9 Å². The molecule has 0 fully saturated rings. The Labute approximate surface area is 175 Å². The average molecular weight is 431 g/mol. The Hall–Kier alpha value is -2.46. The Morgan fingerprint density at radius 2 is 1.66 bits per heavy atom. The van der Waals surface area contributed by atoms with Crippen LogP contribution < -0.4 is 5.14 Å². The molecular weight excluding hydrogens is 411 g/mol. The van der Waals surface area contributed by atoms with E-state index >= 15 is 4.39 Å². The van der Waals surface area contributed by atoms with Crippen LogP contribution in [0.3, 0.4) is 0 Å². The highest BCUT2D eigenvalue weighted by molar-refractivity contribution is 7.93. The molecule has 0 heterocycles. The molecule has 3 rings (SSSR count). The van der Waals surface area contributed by atoms with Gasteiger partial charge in [-0.25, -0.2) is 17.9 Å². The fourth-order valence-corrected chi connectivity index (χ4v) is 4.91. The van der Waals surface area contributed by atoms with E-state index in [0.717, 1.165) is 11.1 Å². The van der Waals surface area contributed by atoms with Crippen molar-refractivity contribution in [1.82, 2.24) is 0 Å². The summed E-state index contributed by atoms with van der Waals surface area (Å²) in [6, 6.07) is 18.0. The fraction of sp³-hybridized carbons (Fsp3) is 0.227. The third kappa shape index (κ3) is 4.27. The monoisotopic (exact) mass is 430 g/mol. The minimum absolute atomic E-state index is 0.151. The van der Waals surface area contributed by atoms with Crippen LogP contribution in [0.5, 0.6) is 0 Å². The number of hydrogen-bond donors (Lipinski definition) is 1. The largest absolute Gasteiger partial charge is 0.240 e. The standard InChI is InChI=1S/C22H20ClFN2O2S/c1-15-11-19(29(26,27)28)21(24)22(20(15)23,12-16-5-3-2-4-6-16)13-17-7-9-18(14-25)10-8-17/h2-11,21H,12-13H2,1H3,(H2,26,27,28). The molecule has 1 aliphatic carbocycles. The number of alkyl halides is 1. The van der Waals surface area contributed by atoms with Crippen LogP contribution in [-0.4, -0.2) is 14.6 Å². The Kier molecular flexibility index (Phi) is 5.95.